The van der Waals surface area contributed by atoms with Crippen LogP contribution >= 0.6 is 11.6 Å². The number of likely N-dealkylation sites (N-methyl/N-ethyl adjacent to an activating group) is 1. The van der Waals surface area contributed by atoms with Crippen molar-refractivity contribution < 1.29 is 9.32 Å². The first-order chi connectivity index (χ1) is 13.4. The predicted octanol–water partition coefficient (Wildman–Crippen LogP) is 4.58. The monoisotopic (exact) mass is 398 g/mol. The molecule has 0 aliphatic rings. The van der Waals surface area contributed by atoms with Gasteiger partial charge in [0, 0.05) is 5.56 Å². The molecule has 6 nitrogen and oxygen atoms in total. The minimum Gasteiger partial charge on any atom is -0.338 e. The third-order valence-corrected chi connectivity index (χ3v) is 4.60. The Bertz CT molecular complexity index is 938. The van der Waals surface area contributed by atoms with Crippen LogP contribution in [0.2, 0.25) is 5.02 Å². The molecule has 0 saturated heterocycles. The highest BCUT2D eigenvalue weighted by Gasteiger charge is 2.14. The van der Waals surface area contributed by atoms with Crippen LogP contribution in [0, 0.1) is 0 Å². The van der Waals surface area contributed by atoms with Gasteiger partial charge >= 0.3 is 0 Å². The molecule has 28 heavy (non-hydrogen) atoms. The number of carbonyl (C=O) groups is 1. The van der Waals surface area contributed by atoms with Crippen LogP contribution in [0.15, 0.2) is 53.1 Å². The number of hydrogen-bond donors (Lipinski definition) is 1. The number of benzene rings is 2. The van der Waals surface area contributed by atoms with Gasteiger partial charge in [-0.15, -0.1) is 0 Å². The van der Waals surface area contributed by atoms with Crippen LogP contribution in [0.1, 0.15) is 31.2 Å². The summed E-state index contributed by atoms with van der Waals surface area (Å²) in [7, 11) is 1.81. The summed E-state index contributed by atoms with van der Waals surface area (Å²) in [6, 6.07) is 15.2. The molecule has 0 radical (unpaired) electrons. The first-order valence-corrected chi connectivity index (χ1v) is 9.46. The second-order valence-electron chi connectivity index (χ2n) is 6.99. The Morgan fingerprint density at radius 2 is 1.89 bits per heavy atom. The summed E-state index contributed by atoms with van der Waals surface area (Å²) in [6.07, 6.45) is 0. The van der Waals surface area contributed by atoms with E-state index in [0.717, 1.165) is 5.56 Å². The Balaban J connectivity index is 1.57. The Morgan fingerprint density at radius 3 is 2.57 bits per heavy atom. The summed E-state index contributed by atoms with van der Waals surface area (Å²) in [5, 5.41) is 7.34. The molecule has 7 heteroatoms. The van der Waals surface area contributed by atoms with Crippen molar-refractivity contribution in [2.24, 2.45) is 0 Å². The number of nitrogens with zero attached hydrogens (tertiary/aromatic N) is 3. The molecule has 0 spiro atoms. The first-order valence-electron chi connectivity index (χ1n) is 9.08. The van der Waals surface area contributed by atoms with E-state index in [9.17, 15) is 4.79 Å². The van der Waals surface area contributed by atoms with E-state index < -0.39 is 0 Å². The fourth-order valence-corrected chi connectivity index (χ4v) is 2.92. The fourth-order valence-electron chi connectivity index (χ4n) is 2.74. The van der Waals surface area contributed by atoms with E-state index in [1.165, 1.54) is 5.56 Å². The van der Waals surface area contributed by atoms with Crippen LogP contribution in [0.3, 0.4) is 0 Å². The maximum atomic E-state index is 12.2. The topological polar surface area (TPSA) is 71.3 Å². The van der Waals surface area contributed by atoms with Crippen LogP contribution in [-0.2, 0) is 11.3 Å². The van der Waals surface area contributed by atoms with Gasteiger partial charge in [0.05, 0.1) is 23.8 Å². The van der Waals surface area contributed by atoms with E-state index in [1.54, 1.807) is 17.0 Å². The van der Waals surface area contributed by atoms with Gasteiger partial charge in [-0.05, 0) is 30.7 Å². The molecule has 0 aliphatic carbocycles. The maximum Gasteiger partial charge on any atom is 0.241 e. The summed E-state index contributed by atoms with van der Waals surface area (Å²) in [5.74, 6) is 1.30. The van der Waals surface area contributed by atoms with Gasteiger partial charge in [0.2, 0.25) is 17.6 Å². The Morgan fingerprint density at radius 1 is 1.18 bits per heavy atom. The molecule has 1 amide bonds. The van der Waals surface area contributed by atoms with Gasteiger partial charge in [-0.2, -0.15) is 4.98 Å². The molecule has 3 aromatic rings. The average Bonchev–Trinajstić information content (AvgIpc) is 3.12. The van der Waals surface area contributed by atoms with E-state index >= 15 is 0 Å². The van der Waals surface area contributed by atoms with E-state index in [1.807, 2.05) is 31.3 Å². The van der Waals surface area contributed by atoms with Crippen LogP contribution in [0.5, 0.6) is 0 Å². The molecular weight excluding hydrogens is 376 g/mol. The zero-order valence-corrected chi connectivity index (χ0v) is 16.9. The predicted molar refractivity (Wildman–Crippen MR) is 110 cm³/mol. The third kappa shape index (κ3) is 5.18. The van der Waals surface area contributed by atoms with Crippen molar-refractivity contribution in [3.8, 4) is 11.4 Å². The summed E-state index contributed by atoms with van der Waals surface area (Å²) >= 11 is 6.06. The molecule has 2 aromatic carbocycles. The van der Waals surface area contributed by atoms with Crippen LogP contribution in [0.25, 0.3) is 11.4 Å². The second kappa shape index (κ2) is 8.99. The molecule has 0 saturated carbocycles. The number of amides is 1. The quantitative estimate of drug-likeness (QED) is 0.630. The van der Waals surface area contributed by atoms with Gasteiger partial charge in [-0.1, -0.05) is 67.0 Å². The second-order valence-corrected chi connectivity index (χ2v) is 7.40. The standard InChI is InChI=1S/C21H23ClN4O2/c1-14(2)15-8-10-16(11-9-15)21-24-20(28-25-21)13-26(3)12-19(27)23-18-7-5-4-6-17(18)22/h4-11,14H,12-13H2,1-3H3,(H,23,27). The number of hydrogen-bond acceptors (Lipinski definition) is 5. The van der Waals surface area contributed by atoms with Crippen molar-refractivity contribution in [1.82, 2.24) is 15.0 Å². The van der Waals surface area contributed by atoms with Gasteiger partial charge in [0.1, 0.15) is 0 Å². The van der Waals surface area contributed by atoms with Crippen LogP contribution < -0.4 is 5.32 Å². The lowest BCUT2D eigenvalue weighted by molar-refractivity contribution is -0.117. The van der Waals surface area contributed by atoms with E-state index in [0.29, 0.717) is 34.9 Å². The minimum atomic E-state index is -0.167. The highest BCUT2D eigenvalue weighted by atomic mass is 35.5. The lowest BCUT2D eigenvalue weighted by Gasteiger charge is -2.14. The minimum absolute atomic E-state index is 0.167. The first kappa shape index (κ1) is 20.0. The van der Waals surface area contributed by atoms with E-state index in [-0.39, 0.29) is 12.5 Å². The zero-order chi connectivity index (χ0) is 20.1. The van der Waals surface area contributed by atoms with Crippen molar-refractivity contribution >= 4 is 23.2 Å². The molecule has 0 fully saturated rings. The molecule has 0 aliphatic heterocycles. The van der Waals surface area contributed by atoms with Crippen LogP contribution in [0.4, 0.5) is 5.69 Å². The number of anilines is 1. The van der Waals surface area contributed by atoms with E-state index in [4.69, 9.17) is 16.1 Å². The Labute approximate surface area is 169 Å². The van der Waals surface area contributed by atoms with Gasteiger partial charge in [-0.3, -0.25) is 9.69 Å². The normalized spacial score (nSPS) is 11.2. The van der Waals surface area contributed by atoms with Gasteiger partial charge in [-0.25, -0.2) is 0 Å². The summed E-state index contributed by atoms with van der Waals surface area (Å²) in [6.45, 7) is 4.84. The third-order valence-electron chi connectivity index (χ3n) is 4.27. The van der Waals surface area contributed by atoms with E-state index in [2.05, 4.69) is 41.4 Å². The lowest BCUT2D eigenvalue weighted by atomic mass is 10.0. The van der Waals surface area contributed by atoms with Crippen molar-refractivity contribution in [3.05, 3.63) is 65.0 Å². The molecular formula is C21H23ClN4O2. The Hall–Kier alpha value is -2.70. The maximum absolute atomic E-state index is 12.2. The van der Waals surface area contributed by atoms with Crippen LogP contribution in [-0.4, -0.2) is 34.5 Å². The van der Waals surface area contributed by atoms with Gasteiger partial charge in [0.15, 0.2) is 0 Å². The number of halogens is 1. The van der Waals surface area contributed by atoms with Gasteiger partial charge < -0.3 is 9.84 Å². The number of nitrogens with one attached hydrogen (secondary N) is 1. The number of aromatic nitrogens is 2. The lowest BCUT2D eigenvalue weighted by Crippen LogP contribution is -2.30. The molecule has 1 heterocycles. The molecule has 146 valence electrons. The van der Waals surface area contributed by atoms with Gasteiger partial charge in [0.25, 0.3) is 0 Å². The highest BCUT2D eigenvalue weighted by Crippen LogP contribution is 2.21. The van der Waals surface area contributed by atoms with Crippen molar-refractivity contribution in [1.29, 1.82) is 0 Å². The molecule has 0 atom stereocenters. The van der Waals surface area contributed by atoms with Crippen molar-refractivity contribution in [2.45, 2.75) is 26.3 Å². The van der Waals surface area contributed by atoms with Crippen molar-refractivity contribution in [3.63, 3.8) is 0 Å². The zero-order valence-electron chi connectivity index (χ0n) is 16.1. The van der Waals surface area contributed by atoms with Crippen molar-refractivity contribution in [2.75, 3.05) is 18.9 Å². The fraction of sp³-hybridized carbons (Fsp3) is 0.286. The molecule has 1 aromatic heterocycles. The summed E-state index contributed by atoms with van der Waals surface area (Å²) < 4.78 is 5.33. The summed E-state index contributed by atoms with van der Waals surface area (Å²) in [4.78, 5) is 18.4. The molecule has 1 N–H and O–H groups in total. The number of rotatable bonds is 7. The smallest absolute Gasteiger partial charge is 0.241 e. The Kier molecular flexibility index (Phi) is 6.44. The number of para-hydroxylation sites is 1. The summed E-state index contributed by atoms with van der Waals surface area (Å²) in [5.41, 5.74) is 2.75. The molecule has 0 bridgehead atoms. The highest BCUT2D eigenvalue weighted by molar-refractivity contribution is 6.33. The molecule has 3 rings (SSSR count). The average molecular weight is 399 g/mol. The SMILES string of the molecule is CC(C)c1ccc(-c2noc(CN(C)CC(=O)Nc3ccccc3Cl)n2)cc1. The molecule has 0 unspecified atom stereocenters. The largest absolute Gasteiger partial charge is 0.338 e. The number of carbonyl (C=O) groups excluding carboxylic acids is 1.